The molecule has 26 heavy (non-hydrogen) atoms. The van der Waals surface area contributed by atoms with Gasteiger partial charge in [-0.3, -0.25) is 9.78 Å². The van der Waals surface area contributed by atoms with Crippen LogP contribution in [-0.4, -0.2) is 22.4 Å². The number of aromatic nitrogens is 2. The molecule has 7 heteroatoms. The first-order valence-corrected chi connectivity index (χ1v) is 7.87. The van der Waals surface area contributed by atoms with E-state index >= 15 is 0 Å². The van der Waals surface area contributed by atoms with E-state index in [-0.39, 0.29) is 17.9 Å². The van der Waals surface area contributed by atoms with Crippen molar-refractivity contribution in [3.05, 3.63) is 66.3 Å². The fourth-order valence-electron chi connectivity index (χ4n) is 2.75. The molecule has 0 bridgehead atoms. The number of nitrogen functional groups attached to an aromatic ring is 1. The van der Waals surface area contributed by atoms with Crippen LogP contribution in [0.3, 0.4) is 0 Å². The molecule has 3 rings (SSSR count). The maximum Gasteiger partial charge on any atom is 0.272 e. The van der Waals surface area contributed by atoms with Crippen LogP contribution in [0.1, 0.15) is 16.2 Å². The number of amides is 1. The number of anilines is 1. The highest BCUT2D eigenvalue weighted by Gasteiger charge is 2.16. The number of nitrogens with zero attached hydrogens (tertiary/aromatic N) is 2. The van der Waals surface area contributed by atoms with E-state index in [1.807, 2.05) is 31.2 Å². The fraction of sp³-hybridized carbons (Fsp3) is 0.105. The first kappa shape index (κ1) is 17.5. The molecule has 5 nitrogen and oxygen atoms in total. The van der Waals surface area contributed by atoms with Crippen molar-refractivity contribution in [1.82, 2.24) is 15.3 Å². The maximum atomic E-state index is 12.2. The number of nitrogens with one attached hydrogen (secondary N) is 1. The summed E-state index contributed by atoms with van der Waals surface area (Å²) in [5.74, 6) is -0.607. The lowest BCUT2D eigenvalue weighted by molar-refractivity contribution is 0.0954. The lowest BCUT2D eigenvalue weighted by atomic mass is 9.97. The molecular weight excluding hydrogens is 338 g/mol. The number of benzene rings is 1. The summed E-state index contributed by atoms with van der Waals surface area (Å²) in [6.07, 6.45) is 2.03. The minimum absolute atomic E-state index is 0.00484. The van der Waals surface area contributed by atoms with Gasteiger partial charge in [-0.15, -0.1) is 0 Å². The fourth-order valence-corrected chi connectivity index (χ4v) is 2.75. The van der Waals surface area contributed by atoms with Crippen LogP contribution in [0.2, 0.25) is 0 Å². The molecule has 0 aliphatic carbocycles. The van der Waals surface area contributed by atoms with Crippen molar-refractivity contribution in [3.8, 4) is 11.1 Å². The number of carbonyl (C=O) groups excluding carboxylic acids is 1. The van der Waals surface area contributed by atoms with Gasteiger partial charge in [0.1, 0.15) is 0 Å². The van der Waals surface area contributed by atoms with E-state index in [0.717, 1.165) is 22.2 Å². The number of pyridine rings is 2. The molecule has 3 N–H and O–H groups in total. The molecule has 1 amide bonds. The zero-order valence-electron chi connectivity index (χ0n) is 14.0. The summed E-state index contributed by atoms with van der Waals surface area (Å²) in [6, 6.07) is 9.36. The Bertz CT molecular complexity index is 1010. The third-order valence-electron chi connectivity index (χ3n) is 4.01. The molecule has 2 heterocycles. The summed E-state index contributed by atoms with van der Waals surface area (Å²) in [6.45, 7) is 1.61. The van der Waals surface area contributed by atoms with Crippen molar-refractivity contribution >= 4 is 22.4 Å². The number of aryl methyl sites for hydroxylation is 1. The predicted molar refractivity (Wildman–Crippen MR) is 96.8 cm³/mol. The van der Waals surface area contributed by atoms with Gasteiger partial charge in [0.05, 0.1) is 5.69 Å². The number of halogens is 2. The molecule has 0 spiro atoms. The standard InChI is InChI=1S/C19H16F2N4O/c1-11-12(6-3-8-23-11)13-4-2-5-14-15(13)10-25-18(17(14)22)19(26)24-9-7-16(20)21/h2-8,10H,9,22H2,1H3,(H,24,26). The van der Waals surface area contributed by atoms with Crippen LogP contribution < -0.4 is 11.1 Å². The van der Waals surface area contributed by atoms with Gasteiger partial charge < -0.3 is 11.1 Å². The number of nitrogens with two attached hydrogens (primary N) is 1. The Morgan fingerprint density at radius 3 is 2.65 bits per heavy atom. The van der Waals surface area contributed by atoms with Gasteiger partial charge in [0, 0.05) is 47.0 Å². The minimum Gasteiger partial charge on any atom is -0.396 e. The summed E-state index contributed by atoms with van der Waals surface area (Å²) < 4.78 is 24.2. The van der Waals surface area contributed by atoms with Crippen LogP contribution in [-0.2, 0) is 0 Å². The number of rotatable bonds is 4. The molecule has 3 aromatic rings. The molecule has 0 saturated heterocycles. The largest absolute Gasteiger partial charge is 0.396 e. The topological polar surface area (TPSA) is 80.9 Å². The van der Waals surface area contributed by atoms with Crippen LogP contribution in [0.15, 0.2) is 54.9 Å². The Kier molecular flexibility index (Phi) is 4.88. The van der Waals surface area contributed by atoms with Crippen LogP contribution >= 0.6 is 0 Å². The second-order valence-electron chi connectivity index (χ2n) is 5.63. The Morgan fingerprint density at radius 2 is 1.92 bits per heavy atom. The van der Waals surface area contributed by atoms with Crippen LogP contribution in [0.25, 0.3) is 21.9 Å². The first-order chi connectivity index (χ1) is 12.5. The molecule has 0 aliphatic rings. The average Bonchev–Trinajstić information content (AvgIpc) is 2.62. The van der Waals surface area contributed by atoms with Crippen LogP contribution in [0, 0.1) is 6.92 Å². The highest BCUT2D eigenvalue weighted by molar-refractivity contribution is 6.09. The normalized spacial score (nSPS) is 10.6. The van der Waals surface area contributed by atoms with Crippen molar-refractivity contribution in [3.63, 3.8) is 0 Å². The number of hydrogen-bond donors (Lipinski definition) is 2. The van der Waals surface area contributed by atoms with Crippen molar-refractivity contribution in [1.29, 1.82) is 0 Å². The zero-order valence-corrected chi connectivity index (χ0v) is 14.0. The molecule has 0 fully saturated rings. The van der Waals surface area contributed by atoms with Gasteiger partial charge in [-0.25, -0.2) is 4.98 Å². The lowest BCUT2D eigenvalue weighted by Gasteiger charge is -2.12. The SMILES string of the molecule is Cc1ncccc1-c1cccc2c(N)c(C(=O)NCC=C(F)F)ncc12. The molecule has 0 atom stereocenters. The van der Waals surface area contributed by atoms with Gasteiger partial charge in [0.15, 0.2) is 5.69 Å². The molecule has 0 radical (unpaired) electrons. The van der Waals surface area contributed by atoms with Gasteiger partial charge in [0.25, 0.3) is 12.0 Å². The van der Waals surface area contributed by atoms with Crippen molar-refractivity contribution in [2.75, 3.05) is 12.3 Å². The lowest BCUT2D eigenvalue weighted by Crippen LogP contribution is -2.25. The second-order valence-corrected chi connectivity index (χ2v) is 5.63. The average molecular weight is 354 g/mol. The number of fused-ring (bicyclic) bond motifs is 1. The third kappa shape index (κ3) is 3.37. The number of hydrogen-bond acceptors (Lipinski definition) is 4. The van der Waals surface area contributed by atoms with Gasteiger partial charge in [-0.1, -0.05) is 24.3 Å². The quantitative estimate of drug-likeness (QED) is 0.749. The maximum absolute atomic E-state index is 12.2. The molecule has 0 aliphatic heterocycles. The summed E-state index contributed by atoms with van der Waals surface area (Å²) in [4.78, 5) is 20.6. The van der Waals surface area contributed by atoms with Crippen LogP contribution in [0.5, 0.6) is 0 Å². The van der Waals surface area contributed by atoms with Gasteiger partial charge in [0.2, 0.25) is 0 Å². The predicted octanol–water partition coefficient (Wildman–Crippen LogP) is 3.70. The Labute approximate surface area is 148 Å². The monoisotopic (exact) mass is 354 g/mol. The van der Waals surface area contributed by atoms with Crippen molar-refractivity contribution < 1.29 is 13.6 Å². The molecule has 1 aromatic carbocycles. The summed E-state index contributed by atoms with van der Waals surface area (Å²) >= 11 is 0. The molecule has 0 unspecified atom stereocenters. The van der Waals surface area contributed by atoms with E-state index in [1.54, 1.807) is 18.5 Å². The van der Waals surface area contributed by atoms with Crippen LogP contribution in [0.4, 0.5) is 14.5 Å². The van der Waals surface area contributed by atoms with E-state index in [1.165, 1.54) is 0 Å². The molecule has 0 saturated carbocycles. The van der Waals surface area contributed by atoms with Gasteiger partial charge in [-0.05, 0) is 18.6 Å². The minimum atomic E-state index is -1.86. The van der Waals surface area contributed by atoms with Crippen molar-refractivity contribution in [2.45, 2.75) is 6.92 Å². The Hall–Kier alpha value is -3.35. The van der Waals surface area contributed by atoms with Gasteiger partial charge in [-0.2, -0.15) is 8.78 Å². The van der Waals surface area contributed by atoms with Crippen molar-refractivity contribution in [2.24, 2.45) is 0 Å². The molecule has 2 aromatic heterocycles. The Balaban J connectivity index is 2.05. The van der Waals surface area contributed by atoms with E-state index < -0.39 is 12.0 Å². The number of carbonyl (C=O) groups is 1. The van der Waals surface area contributed by atoms with E-state index in [2.05, 4.69) is 15.3 Å². The van der Waals surface area contributed by atoms with E-state index in [4.69, 9.17) is 5.73 Å². The molecule has 132 valence electrons. The van der Waals surface area contributed by atoms with E-state index in [0.29, 0.717) is 11.5 Å². The Morgan fingerprint density at radius 1 is 1.15 bits per heavy atom. The smallest absolute Gasteiger partial charge is 0.272 e. The van der Waals surface area contributed by atoms with E-state index in [9.17, 15) is 13.6 Å². The first-order valence-electron chi connectivity index (χ1n) is 7.87. The molecular formula is C19H16F2N4O. The zero-order chi connectivity index (χ0) is 18.7. The third-order valence-corrected chi connectivity index (χ3v) is 4.01. The summed E-state index contributed by atoms with van der Waals surface area (Å²) in [7, 11) is 0. The second kappa shape index (κ2) is 7.26. The summed E-state index contributed by atoms with van der Waals surface area (Å²) in [5.41, 5.74) is 9.05. The highest BCUT2D eigenvalue weighted by Crippen LogP contribution is 2.33. The van der Waals surface area contributed by atoms with Gasteiger partial charge >= 0.3 is 0 Å². The summed E-state index contributed by atoms with van der Waals surface area (Å²) in [5, 5.41) is 3.79. The highest BCUT2D eigenvalue weighted by atomic mass is 19.3.